The molecule has 0 spiro atoms. The van der Waals surface area contributed by atoms with Crippen LogP contribution in [-0.4, -0.2) is 87.1 Å². The molecular formula is C18H30N6OS. The van der Waals surface area contributed by atoms with Crippen molar-refractivity contribution >= 4 is 39.2 Å². The molecule has 0 aliphatic carbocycles. The van der Waals surface area contributed by atoms with E-state index in [4.69, 9.17) is 9.97 Å². The lowest BCUT2D eigenvalue weighted by Gasteiger charge is -2.24. The van der Waals surface area contributed by atoms with Crippen molar-refractivity contribution in [2.24, 2.45) is 0 Å². The van der Waals surface area contributed by atoms with Gasteiger partial charge in [0.15, 0.2) is 5.82 Å². The van der Waals surface area contributed by atoms with Gasteiger partial charge in [0.1, 0.15) is 0 Å². The van der Waals surface area contributed by atoms with Gasteiger partial charge in [-0.15, -0.1) is 11.3 Å². The maximum Gasteiger partial charge on any atom is 0.227 e. The third kappa shape index (κ3) is 5.28. The fraction of sp³-hybridized carbons (Fsp3) is 0.611. The lowest BCUT2D eigenvalue weighted by atomic mass is 10.3. The second kappa shape index (κ2) is 9.14. The highest BCUT2D eigenvalue weighted by molar-refractivity contribution is 7.17. The molecule has 0 atom stereocenters. The normalized spacial score (nSPS) is 11.2. The summed E-state index contributed by atoms with van der Waals surface area (Å²) in [6, 6.07) is 2.04. The molecule has 26 heavy (non-hydrogen) atoms. The van der Waals surface area contributed by atoms with E-state index in [2.05, 4.69) is 28.8 Å². The zero-order valence-corrected chi connectivity index (χ0v) is 17.5. The monoisotopic (exact) mass is 378 g/mol. The van der Waals surface area contributed by atoms with Gasteiger partial charge in [0.05, 0.1) is 10.2 Å². The van der Waals surface area contributed by atoms with Crippen LogP contribution in [0.1, 0.15) is 13.3 Å². The van der Waals surface area contributed by atoms with Crippen LogP contribution in [-0.2, 0) is 4.79 Å². The number of amides is 1. The maximum atomic E-state index is 11.4. The van der Waals surface area contributed by atoms with Crippen LogP contribution in [0.3, 0.4) is 0 Å². The van der Waals surface area contributed by atoms with Crippen LogP contribution in [0.4, 0.5) is 11.8 Å². The van der Waals surface area contributed by atoms with Crippen LogP contribution in [0.15, 0.2) is 11.4 Å². The second-order valence-corrected chi connectivity index (χ2v) is 7.84. The van der Waals surface area contributed by atoms with Gasteiger partial charge >= 0.3 is 0 Å². The van der Waals surface area contributed by atoms with Gasteiger partial charge in [-0.05, 0) is 38.5 Å². The molecule has 2 rings (SSSR count). The van der Waals surface area contributed by atoms with Gasteiger partial charge < -0.3 is 19.6 Å². The minimum Gasteiger partial charge on any atom is -0.357 e. The molecule has 0 aromatic carbocycles. The zero-order valence-electron chi connectivity index (χ0n) is 16.7. The molecule has 0 radical (unpaired) electrons. The predicted octanol–water partition coefficient (Wildman–Crippen LogP) is 1.99. The van der Waals surface area contributed by atoms with Crippen LogP contribution in [0.5, 0.6) is 0 Å². The van der Waals surface area contributed by atoms with Crippen molar-refractivity contribution in [2.75, 3.05) is 71.2 Å². The molecule has 7 nitrogen and oxygen atoms in total. The SMILES string of the molecule is CC(=O)N(C)CCN(C)c1nc(N(C)CCCN(C)C)nc2ccsc12. The maximum absolute atomic E-state index is 11.4. The molecular weight excluding hydrogens is 348 g/mol. The Morgan fingerprint density at radius 2 is 1.73 bits per heavy atom. The van der Waals surface area contributed by atoms with Crippen LogP contribution in [0.2, 0.25) is 0 Å². The summed E-state index contributed by atoms with van der Waals surface area (Å²) in [5, 5.41) is 2.05. The standard InChI is InChI=1S/C18H30N6OS/c1-14(25)22(4)11-12-23(5)17-16-15(8-13-26-16)19-18(20-17)24(6)10-7-9-21(2)3/h8,13H,7,9-12H2,1-6H3. The quantitative estimate of drug-likeness (QED) is 0.665. The van der Waals surface area contributed by atoms with E-state index in [9.17, 15) is 4.79 Å². The summed E-state index contributed by atoms with van der Waals surface area (Å²) >= 11 is 1.65. The minimum absolute atomic E-state index is 0.0728. The summed E-state index contributed by atoms with van der Waals surface area (Å²) in [6.45, 7) is 4.92. The molecule has 0 aliphatic heterocycles. The van der Waals surface area contributed by atoms with Gasteiger partial charge in [-0.3, -0.25) is 4.79 Å². The Hall–Kier alpha value is -1.93. The Morgan fingerprint density at radius 1 is 1.00 bits per heavy atom. The summed E-state index contributed by atoms with van der Waals surface area (Å²) in [6.07, 6.45) is 1.06. The highest BCUT2D eigenvalue weighted by Crippen LogP contribution is 2.30. The Morgan fingerprint density at radius 3 is 2.38 bits per heavy atom. The Labute approximate surface area is 160 Å². The second-order valence-electron chi connectivity index (χ2n) is 6.92. The fourth-order valence-corrected chi connectivity index (χ4v) is 3.43. The summed E-state index contributed by atoms with van der Waals surface area (Å²) in [5.41, 5.74) is 0.973. The highest BCUT2D eigenvalue weighted by Gasteiger charge is 2.16. The number of hydrogen-bond acceptors (Lipinski definition) is 7. The van der Waals surface area contributed by atoms with Crippen molar-refractivity contribution in [1.82, 2.24) is 19.8 Å². The number of thiophene rings is 1. The van der Waals surface area contributed by atoms with Crippen molar-refractivity contribution in [3.8, 4) is 0 Å². The Kier molecular flexibility index (Phi) is 7.16. The molecule has 2 aromatic heterocycles. The minimum atomic E-state index is 0.0728. The first kappa shape index (κ1) is 20.4. The van der Waals surface area contributed by atoms with E-state index in [1.807, 2.05) is 32.6 Å². The average Bonchev–Trinajstić information content (AvgIpc) is 3.06. The summed E-state index contributed by atoms with van der Waals surface area (Å²) in [4.78, 5) is 29.1. The molecule has 0 saturated heterocycles. The average molecular weight is 379 g/mol. The van der Waals surface area contributed by atoms with Crippen LogP contribution >= 0.6 is 11.3 Å². The highest BCUT2D eigenvalue weighted by atomic mass is 32.1. The number of carbonyl (C=O) groups excluding carboxylic acids is 1. The lowest BCUT2D eigenvalue weighted by molar-refractivity contribution is -0.127. The van der Waals surface area contributed by atoms with E-state index in [0.717, 1.165) is 48.0 Å². The van der Waals surface area contributed by atoms with Crippen molar-refractivity contribution in [2.45, 2.75) is 13.3 Å². The number of carbonyl (C=O) groups is 1. The van der Waals surface area contributed by atoms with E-state index in [1.54, 1.807) is 23.2 Å². The van der Waals surface area contributed by atoms with Crippen LogP contribution in [0.25, 0.3) is 10.2 Å². The van der Waals surface area contributed by atoms with Crippen molar-refractivity contribution < 1.29 is 4.79 Å². The van der Waals surface area contributed by atoms with E-state index in [-0.39, 0.29) is 5.91 Å². The summed E-state index contributed by atoms with van der Waals surface area (Å²) in [7, 11) is 10.0. The first-order valence-electron chi connectivity index (χ1n) is 8.83. The van der Waals surface area contributed by atoms with Gasteiger partial charge in [0.25, 0.3) is 0 Å². The third-order valence-corrected chi connectivity index (χ3v) is 5.28. The van der Waals surface area contributed by atoms with Gasteiger partial charge in [-0.2, -0.15) is 4.98 Å². The van der Waals surface area contributed by atoms with Crippen LogP contribution < -0.4 is 9.80 Å². The lowest BCUT2D eigenvalue weighted by Crippen LogP contribution is -2.34. The van der Waals surface area contributed by atoms with Crippen molar-refractivity contribution in [3.05, 3.63) is 11.4 Å². The molecule has 0 bridgehead atoms. The van der Waals surface area contributed by atoms with Gasteiger partial charge in [0.2, 0.25) is 11.9 Å². The number of fused-ring (bicyclic) bond motifs is 1. The number of likely N-dealkylation sites (N-methyl/N-ethyl adjacent to an activating group) is 2. The smallest absolute Gasteiger partial charge is 0.227 e. The molecule has 144 valence electrons. The molecule has 0 fully saturated rings. The number of hydrogen-bond donors (Lipinski definition) is 0. The van der Waals surface area contributed by atoms with Gasteiger partial charge in [-0.1, -0.05) is 0 Å². The summed E-state index contributed by atoms with van der Waals surface area (Å²) < 4.78 is 1.09. The topological polar surface area (TPSA) is 55.8 Å². The Balaban J connectivity index is 2.17. The van der Waals surface area contributed by atoms with E-state index in [0.29, 0.717) is 6.54 Å². The van der Waals surface area contributed by atoms with Crippen molar-refractivity contribution in [1.29, 1.82) is 0 Å². The fourth-order valence-electron chi connectivity index (χ4n) is 2.55. The van der Waals surface area contributed by atoms with Crippen LogP contribution in [0, 0.1) is 0 Å². The van der Waals surface area contributed by atoms with Crippen molar-refractivity contribution in [3.63, 3.8) is 0 Å². The molecule has 8 heteroatoms. The van der Waals surface area contributed by atoms with E-state index >= 15 is 0 Å². The number of nitrogens with zero attached hydrogens (tertiary/aromatic N) is 6. The van der Waals surface area contributed by atoms with E-state index in [1.165, 1.54) is 0 Å². The molecule has 2 aromatic rings. The Bertz CT molecular complexity index is 732. The number of anilines is 2. The predicted molar refractivity (Wildman–Crippen MR) is 110 cm³/mol. The molecule has 2 heterocycles. The molecule has 0 saturated carbocycles. The number of aromatic nitrogens is 2. The first-order chi connectivity index (χ1) is 12.3. The van der Waals surface area contributed by atoms with Gasteiger partial charge in [0, 0.05) is 47.7 Å². The largest absolute Gasteiger partial charge is 0.357 e. The molecule has 1 amide bonds. The molecule has 0 N–H and O–H groups in total. The molecule has 0 aliphatic rings. The van der Waals surface area contributed by atoms with E-state index < -0.39 is 0 Å². The van der Waals surface area contributed by atoms with Gasteiger partial charge in [-0.25, -0.2) is 4.98 Å². The first-order valence-corrected chi connectivity index (χ1v) is 9.71. The third-order valence-electron chi connectivity index (χ3n) is 4.38. The summed E-state index contributed by atoms with van der Waals surface area (Å²) in [5.74, 6) is 1.75. The molecule has 0 unspecified atom stereocenters. The zero-order chi connectivity index (χ0) is 19.3. The number of rotatable bonds is 9.